The number of nitrogens with two attached hydrogens (primary N) is 1. The van der Waals surface area contributed by atoms with Crippen LogP contribution in [0.1, 0.15) is 49.2 Å². The van der Waals surface area contributed by atoms with E-state index in [-0.39, 0.29) is 17.9 Å². The highest BCUT2D eigenvalue weighted by Gasteiger charge is 2.33. The molecule has 0 bridgehead atoms. The van der Waals surface area contributed by atoms with E-state index in [1.165, 1.54) is 16.8 Å². The fraction of sp³-hybridized carbons (Fsp3) is 0.571. The highest BCUT2D eigenvalue weighted by Crippen LogP contribution is 2.33. The Balaban J connectivity index is 0.00000243. The van der Waals surface area contributed by atoms with Crippen molar-refractivity contribution in [2.24, 2.45) is 11.7 Å². The number of rotatable bonds is 4. The van der Waals surface area contributed by atoms with Gasteiger partial charge in [0, 0.05) is 36.8 Å². The highest BCUT2D eigenvalue weighted by atomic mass is 35.5. The second-order valence-electron chi connectivity index (χ2n) is 8.44. The Morgan fingerprint density at radius 1 is 1.12 bits per heavy atom. The van der Waals surface area contributed by atoms with Gasteiger partial charge in [-0.05, 0) is 52.6 Å². The van der Waals surface area contributed by atoms with Crippen LogP contribution in [0.5, 0.6) is 0 Å². The summed E-state index contributed by atoms with van der Waals surface area (Å²) >= 11 is 0. The molecule has 1 saturated heterocycles. The predicted octanol–water partition coefficient (Wildman–Crippen LogP) is 3.85. The van der Waals surface area contributed by atoms with Gasteiger partial charge in [0.15, 0.2) is 0 Å². The fourth-order valence-corrected chi connectivity index (χ4v) is 4.19. The Morgan fingerprint density at radius 2 is 1.77 bits per heavy atom. The molecule has 1 aliphatic rings. The maximum Gasteiger partial charge on any atom is 0.0641 e. The fourth-order valence-electron chi connectivity index (χ4n) is 4.19. The summed E-state index contributed by atoms with van der Waals surface area (Å²) in [6, 6.07) is 10.8. The molecule has 0 amide bonds. The Hall–Kier alpha value is -1.36. The predicted molar refractivity (Wildman–Crippen MR) is 111 cm³/mol. The van der Waals surface area contributed by atoms with Crippen LogP contribution in [-0.4, -0.2) is 34.3 Å². The van der Waals surface area contributed by atoms with Gasteiger partial charge < -0.3 is 5.73 Å². The molecule has 5 heteroatoms. The second kappa shape index (κ2) is 8.12. The normalized spacial score (nSPS) is 21.0. The molecule has 2 aromatic rings. The summed E-state index contributed by atoms with van der Waals surface area (Å²) in [5, 5.41) is 4.81. The summed E-state index contributed by atoms with van der Waals surface area (Å²) in [4.78, 5) is 2.55. The first kappa shape index (κ1) is 20.9. The maximum atomic E-state index is 6.10. The average Bonchev–Trinajstić information content (AvgIpc) is 3.11. The Kier molecular flexibility index (Phi) is 6.54. The minimum absolute atomic E-state index is 0. The van der Waals surface area contributed by atoms with Crippen molar-refractivity contribution in [2.45, 2.75) is 52.6 Å². The lowest BCUT2D eigenvalue weighted by atomic mass is 9.89. The molecule has 0 radical (unpaired) electrons. The van der Waals surface area contributed by atoms with E-state index in [1.807, 2.05) is 0 Å². The van der Waals surface area contributed by atoms with E-state index in [9.17, 15) is 0 Å². The molecule has 0 spiro atoms. The molecule has 0 saturated carbocycles. The minimum atomic E-state index is 0. The molecule has 0 aliphatic carbocycles. The van der Waals surface area contributed by atoms with E-state index >= 15 is 0 Å². The second-order valence-corrected chi connectivity index (χ2v) is 8.44. The monoisotopic (exact) mass is 376 g/mol. The van der Waals surface area contributed by atoms with Gasteiger partial charge in [-0.2, -0.15) is 5.10 Å². The van der Waals surface area contributed by atoms with Crippen molar-refractivity contribution in [2.75, 3.05) is 19.6 Å². The third-order valence-electron chi connectivity index (χ3n) is 5.51. The molecular formula is C21H33ClN4. The number of aryl methyl sites for hydroxylation is 1. The van der Waals surface area contributed by atoms with Gasteiger partial charge in [-0.25, -0.2) is 0 Å². The smallest absolute Gasteiger partial charge is 0.0641 e. The van der Waals surface area contributed by atoms with Crippen LogP contribution in [-0.2, 0) is 12.1 Å². The Bertz CT molecular complexity index is 718. The molecule has 2 N–H and O–H groups in total. The third kappa shape index (κ3) is 4.13. The summed E-state index contributed by atoms with van der Waals surface area (Å²) in [6.45, 7) is 14.8. The van der Waals surface area contributed by atoms with Crippen LogP contribution in [0.25, 0.3) is 0 Å². The minimum Gasteiger partial charge on any atom is -0.330 e. The van der Waals surface area contributed by atoms with Crippen molar-refractivity contribution < 1.29 is 0 Å². The summed E-state index contributed by atoms with van der Waals surface area (Å²) < 4.78 is 2.17. The van der Waals surface area contributed by atoms with Crippen LogP contribution in [0, 0.1) is 19.8 Å². The number of hydrogen-bond acceptors (Lipinski definition) is 3. The van der Waals surface area contributed by atoms with Gasteiger partial charge in [-0.15, -0.1) is 12.4 Å². The molecular weight excluding hydrogens is 344 g/mol. The van der Waals surface area contributed by atoms with Crippen LogP contribution >= 0.6 is 12.4 Å². The van der Waals surface area contributed by atoms with Crippen molar-refractivity contribution in [3.8, 4) is 0 Å². The lowest BCUT2D eigenvalue weighted by molar-refractivity contribution is 0.313. The first-order valence-corrected chi connectivity index (χ1v) is 9.34. The summed E-state index contributed by atoms with van der Waals surface area (Å²) in [6.07, 6.45) is 0. The first-order chi connectivity index (χ1) is 11.8. The van der Waals surface area contributed by atoms with Gasteiger partial charge in [-0.3, -0.25) is 9.58 Å². The van der Waals surface area contributed by atoms with E-state index < -0.39 is 0 Å². The average molecular weight is 377 g/mol. The van der Waals surface area contributed by atoms with E-state index in [4.69, 9.17) is 10.8 Å². The van der Waals surface area contributed by atoms with Crippen LogP contribution in [0.3, 0.4) is 0 Å². The van der Waals surface area contributed by atoms with Crippen LogP contribution in [0.15, 0.2) is 30.3 Å². The van der Waals surface area contributed by atoms with Crippen molar-refractivity contribution in [3.05, 3.63) is 52.8 Å². The van der Waals surface area contributed by atoms with Gasteiger partial charge in [0.1, 0.15) is 0 Å². The zero-order valence-corrected chi connectivity index (χ0v) is 17.5. The van der Waals surface area contributed by atoms with Gasteiger partial charge in [0.25, 0.3) is 0 Å². The summed E-state index contributed by atoms with van der Waals surface area (Å²) in [7, 11) is 0. The Morgan fingerprint density at radius 3 is 2.31 bits per heavy atom. The molecule has 2 atom stereocenters. The zero-order chi connectivity index (χ0) is 18.2. The van der Waals surface area contributed by atoms with Crippen LogP contribution in [0.2, 0.25) is 0 Å². The van der Waals surface area contributed by atoms with E-state index in [0.717, 1.165) is 31.9 Å². The number of nitrogens with zero attached hydrogens (tertiary/aromatic N) is 3. The molecule has 26 heavy (non-hydrogen) atoms. The largest absolute Gasteiger partial charge is 0.330 e. The van der Waals surface area contributed by atoms with Crippen LogP contribution < -0.4 is 5.73 Å². The van der Waals surface area contributed by atoms with Gasteiger partial charge >= 0.3 is 0 Å². The molecule has 2 heterocycles. The van der Waals surface area contributed by atoms with Gasteiger partial charge in [0.2, 0.25) is 0 Å². The first-order valence-electron chi connectivity index (χ1n) is 9.34. The van der Waals surface area contributed by atoms with Crippen molar-refractivity contribution in [1.29, 1.82) is 0 Å². The SMILES string of the molecule is Cc1nn(C(C)(C)C)c(C)c1CN1C[C@@H](CN)[C@H](c2ccccc2)C1.Cl. The Labute approximate surface area is 164 Å². The summed E-state index contributed by atoms with van der Waals surface area (Å²) in [5.74, 6) is 1.06. The topological polar surface area (TPSA) is 47.1 Å². The number of likely N-dealkylation sites (tertiary alicyclic amines) is 1. The molecule has 0 unspecified atom stereocenters. The van der Waals surface area contributed by atoms with Crippen molar-refractivity contribution in [3.63, 3.8) is 0 Å². The van der Waals surface area contributed by atoms with E-state index in [2.05, 4.69) is 74.5 Å². The maximum absolute atomic E-state index is 6.10. The third-order valence-corrected chi connectivity index (χ3v) is 5.51. The quantitative estimate of drug-likeness (QED) is 0.881. The summed E-state index contributed by atoms with van der Waals surface area (Å²) in [5.41, 5.74) is 11.3. The molecule has 4 nitrogen and oxygen atoms in total. The van der Waals surface area contributed by atoms with Crippen LogP contribution in [0.4, 0.5) is 0 Å². The number of hydrogen-bond donors (Lipinski definition) is 1. The highest BCUT2D eigenvalue weighted by molar-refractivity contribution is 5.85. The number of halogens is 1. The lowest BCUT2D eigenvalue weighted by Gasteiger charge is -2.22. The molecule has 144 valence electrons. The van der Waals surface area contributed by atoms with E-state index in [1.54, 1.807) is 0 Å². The number of aromatic nitrogens is 2. The lowest BCUT2D eigenvalue weighted by Crippen LogP contribution is -2.25. The van der Waals surface area contributed by atoms with Gasteiger partial charge in [-0.1, -0.05) is 30.3 Å². The van der Waals surface area contributed by atoms with Gasteiger partial charge in [0.05, 0.1) is 11.2 Å². The molecule has 3 rings (SSSR count). The number of benzene rings is 1. The zero-order valence-electron chi connectivity index (χ0n) is 16.7. The standard InChI is InChI=1S/C21H32N4.ClH/c1-15-19(16(2)25(23-15)21(3,4)5)13-24-12-18(11-22)20(14-24)17-9-7-6-8-10-17;/h6-10,18,20H,11-14,22H2,1-5H3;1H/t18-,20+;/m1./s1. The van der Waals surface area contributed by atoms with Crippen molar-refractivity contribution in [1.82, 2.24) is 14.7 Å². The van der Waals surface area contributed by atoms with Crippen molar-refractivity contribution >= 4 is 12.4 Å². The molecule has 1 aliphatic heterocycles. The van der Waals surface area contributed by atoms with E-state index in [0.29, 0.717) is 11.8 Å². The molecule has 1 aromatic heterocycles. The molecule has 1 aromatic carbocycles. The molecule has 1 fully saturated rings.